The van der Waals surface area contributed by atoms with Gasteiger partial charge >= 0.3 is 0 Å². The van der Waals surface area contributed by atoms with E-state index in [1.165, 1.54) is 11.8 Å². The molecule has 3 saturated heterocycles. The van der Waals surface area contributed by atoms with E-state index in [1.54, 1.807) is 0 Å². The third-order valence-electron chi connectivity index (χ3n) is 5.44. The number of nitrogens with one attached hydrogen (secondary N) is 3. The number of fused-ring (bicyclic) bond motifs is 3. The Balaban J connectivity index is 1.49. The zero-order valence-electron chi connectivity index (χ0n) is 14.8. The van der Waals surface area contributed by atoms with Crippen LogP contribution in [0.15, 0.2) is 6.20 Å². The summed E-state index contributed by atoms with van der Waals surface area (Å²) in [4.78, 5) is 24.8. The summed E-state index contributed by atoms with van der Waals surface area (Å²) in [5, 5.41) is 14.0. The summed E-state index contributed by atoms with van der Waals surface area (Å²) in [7, 11) is 0. The summed E-state index contributed by atoms with van der Waals surface area (Å²) in [6, 6.07) is 0.501. The van der Waals surface area contributed by atoms with E-state index in [0.29, 0.717) is 31.6 Å². The molecule has 25 heavy (non-hydrogen) atoms. The Morgan fingerprint density at radius 1 is 1.40 bits per heavy atom. The number of hydrogen-bond donors (Lipinski definition) is 4. The highest BCUT2D eigenvalue weighted by Crippen LogP contribution is 2.27. The van der Waals surface area contributed by atoms with Gasteiger partial charge in [-0.25, -0.2) is 4.68 Å². The van der Waals surface area contributed by atoms with Gasteiger partial charge in [-0.3, -0.25) is 9.59 Å². The van der Waals surface area contributed by atoms with Gasteiger partial charge in [-0.15, -0.1) is 5.10 Å². The van der Waals surface area contributed by atoms with Gasteiger partial charge in [-0.2, -0.15) is 0 Å². The molecule has 4 heterocycles. The van der Waals surface area contributed by atoms with Crippen LogP contribution in [0.25, 0.3) is 0 Å². The van der Waals surface area contributed by atoms with Crippen molar-refractivity contribution in [1.82, 2.24) is 25.6 Å². The summed E-state index contributed by atoms with van der Waals surface area (Å²) in [5.74, 6) is 0.591. The van der Waals surface area contributed by atoms with Crippen molar-refractivity contribution in [3.05, 3.63) is 11.9 Å². The van der Waals surface area contributed by atoms with Crippen LogP contribution in [0, 0.1) is 11.8 Å². The minimum Gasteiger partial charge on any atom is -0.355 e. The van der Waals surface area contributed by atoms with Crippen molar-refractivity contribution in [3.8, 4) is 0 Å². The van der Waals surface area contributed by atoms with Gasteiger partial charge in [0.2, 0.25) is 11.8 Å². The topological polar surface area (TPSA) is 121 Å². The molecule has 1 unspecified atom stereocenters. The van der Waals surface area contributed by atoms with Gasteiger partial charge < -0.3 is 21.3 Å². The molecule has 2 bridgehead atoms. The van der Waals surface area contributed by atoms with E-state index in [0.717, 1.165) is 38.2 Å². The van der Waals surface area contributed by atoms with Gasteiger partial charge in [0.15, 0.2) is 0 Å². The molecule has 3 fully saturated rings. The molecule has 0 spiro atoms. The molecule has 3 aliphatic rings. The normalized spacial score (nSPS) is 27.9. The Bertz CT molecular complexity index is 617. The van der Waals surface area contributed by atoms with Crippen molar-refractivity contribution in [2.24, 2.45) is 11.8 Å². The van der Waals surface area contributed by atoms with E-state index < -0.39 is 0 Å². The fraction of sp³-hybridized carbons (Fsp3) is 0.750. The van der Waals surface area contributed by atoms with Gasteiger partial charge in [0, 0.05) is 32.9 Å². The second kappa shape index (κ2) is 7.92. The first kappa shape index (κ1) is 17.8. The summed E-state index contributed by atoms with van der Waals surface area (Å²) in [5.41, 5.74) is 4.75. The molecule has 0 aliphatic carbocycles. The Labute approximate surface area is 147 Å². The number of carbonyl (C=O) groups excluding carboxylic acids is 2. The number of piperidine rings is 3. The van der Waals surface area contributed by atoms with Crippen molar-refractivity contribution in [1.29, 1.82) is 0 Å². The molecule has 4 rings (SSSR count). The van der Waals surface area contributed by atoms with E-state index in [1.807, 2.05) is 10.9 Å². The van der Waals surface area contributed by atoms with E-state index in [2.05, 4.69) is 26.7 Å². The monoisotopic (exact) mass is 351 g/mol. The number of hydrogen-bond acceptors (Lipinski definition) is 4. The molecule has 1 aromatic rings. The fourth-order valence-electron chi connectivity index (χ4n) is 4.14. The average molecular weight is 351 g/mol. The smallest absolute Gasteiger partial charge is 0.229 e. The molecule has 0 radical (unpaired) electrons. The predicted octanol–water partition coefficient (Wildman–Crippen LogP) is -3.43. The molecular weight excluding hydrogens is 322 g/mol. The van der Waals surface area contributed by atoms with Crippen LogP contribution in [0.2, 0.25) is 0 Å². The van der Waals surface area contributed by atoms with Crippen LogP contribution in [0.3, 0.4) is 0 Å². The number of rotatable bonds is 7. The second-order valence-corrected chi connectivity index (χ2v) is 7.16. The number of quaternary nitrogens is 2. The summed E-state index contributed by atoms with van der Waals surface area (Å²) < 4.78 is 1.92. The van der Waals surface area contributed by atoms with E-state index in [9.17, 15) is 9.59 Å². The maximum atomic E-state index is 12.5. The van der Waals surface area contributed by atoms with Crippen LogP contribution >= 0.6 is 0 Å². The van der Waals surface area contributed by atoms with E-state index in [4.69, 9.17) is 0 Å². The SMILES string of the molecule is CC(=O)NCCNC(=O)[C@H]1C[NH+]2CC[C@@H]1C[C@@H]2Cn1cc(C[NH3+])nn1. The van der Waals surface area contributed by atoms with Gasteiger partial charge in [-0.1, -0.05) is 5.21 Å². The number of carbonyl (C=O) groups is 2. The lowest BCUT2D eigenvalue weighted by atomic mass is 9.75. The maximum Gasteiger partial charge on any atom is 0.229 e. The average Bonchev–Trinajstić information content (AvgIpc) is 3.06. The van der Waals surface area contributed by atoms with Crippen LogP contribution in [0.1, 0.15) is 25.5 Å². The zero-order valence-corrected chi connectivity index (χ0v) is 14.8. The van der Waals surface area contributed by atoms with Gasteiger partial charge in [0.25, 0.3) is 0 Å². The molecule has 9 heteroatoms. The van der Waals surface area contributed by atoms with Crippen molar-refractivity contribution in [2.75, 3.05) is 26.2 Å². The van der Waals surface area contributed by atoms with Crippen LogP contribution in [-0.4, -0.2) is 59.0 Å². The van der Waals surface area contributed by atoms with Crippen molar-refractivity contribution >= 4 is 11.8 Å². The molecular formula is C16H29N7O2+2. The zero-order chi connectivity index (χ0) is 17.8. The highest BCUT2D eigenvalue weighted by atomic mass is 16.2. The van der Waals surface area contributed by atoms with E-state index in [-0.39, 0.29) is 17.7 Å². The minimum absolute atomic E-state index is 0.0699. The van der Waals surface area contributed by atoms with Crippen molar-refractivity contribution in [2.45, 2.75) is 38.9 Å². The lowest BCUT2D eigenvalue weighted by Crippen LogP contribution is -3.20. The summed E-state index contributed by atoms with van der Waals surface area (Å²) >= 11 is 0. The lowest BCUT2D eigenvalue weighted by molar-refractivity contribution is -0.945. The standard InChI is InChI=1S/C16H27N7O2/c1-11(24)18-3-4-19-16(25)15-10-22-5-2-12(15)6-14(22)9-23-8-13(7-17)20-21-23/h8,12,14-15H,2-7,9-10,17H2,1H3,(H,18,24)(H,19,25)/p+2/t12-,14-,15+/m1/s1. The van der Waals surface area contributed by atoms with Crippen LogP contribution < -0.4 is 21.3 Å². The Hall–Kier alpha value is -2.00. The molecule has 2 amide bonds. The number of aromatic nitrogens is 3. The highest BCUT2D eigenvalue weighted by molar-refractivity contribution is 5.79. The van der Waals surface area contributed by atoms with Crippen molar-refractivity contribution < 1.29 is 20.2 Å². The number of amides is 2. The molecule has 138 valence electrons. The molecule has 0 aromatic carbocycles. The van der Waals surface area contributed by atoms with Gasteiger partial charge in [0.05, 0.1) is 31.7 Å². The first-order valence-corrected chi connectivity index (χ1v) is 9.11. The summed E-state index contributed by atoms with van der Waals surface area (Å²) in [6.45, 7) is 5.99. The summed E-state index contributed by atoms with van der Waals surface area (Å²) in [6.07, 6.45) is 4.14. The van der Waals surface area contributed by atoms with E-state index >= 15 is 0 Å². The molecule has 3 aliphatic heterocycles. The molecule has 0 saturated carbocycles. The largest absolute Gasteiger partial charge is 0.355 e. The first-order valence-electron chi connectivity index (χ1n) is 9.11. The molecule has 4 atom stereocenters. The highest BCUT2D eigenvalue weighted by Gasteiger charge is 2.46. The van der Waals surface area contributed by atoms with Crippen molar-refractivity contribution in [3.63, 3.8) is 0 Å². The second-order valence-electron chi connectivity index (χ2n) is 7.16. The molecule has 9 nitrogen and oxygen atoms in total. The molecule has 1 aromatic heterocycles. The molecule has 6 N–H and O–H groups in total. The van der Waals surface area contributed by atoms with Crippen LogP contribution in [-0.2, 0) is 22.7 Å². The van der Waals surface area contributed by atoms with Crippen LogP contribution in [0.4, 0.5) is 0 Å². The Morgan fingerprint density at radius 3 is 2.84 bits per heavy atom. The van der Waals surface area contributed by atoms with Gasteiger partial charge in [0.1, 0.15) is 18.3 Å². The lowest BCUT2D eigenvalue weighted by Gasteiger charge is -2.46. The Morgan fingerprint density at radius 2 is 2.20 bits per heavy atom. The fourth-order valence-corrected chi connectivity index (χ4v) is 4.14. The Kier molecular flexibility index (Phi) is 5.64. The first-order chi connectivity index (χ1) is 12.1. The third kappa shape index (κ3) is 4.35. The predicted molar refractivity (Wildman–Crippen MR) is 89.0 cm³/mol. The quantitative estimate of drug-likeness (QED) is 0.382. The van der Waals surface area contributed by atoms with Gasteiger partial charge in [-0.05, 0) is 5.92 Å². The minimum atomic E-state index is -0.0699. The maximum absolute atomic E-state index is 12.5. The van der Waals surface area contributed by atoms with Crippen LogP contribution in [0.5, 0.6) is 0 Å². The number of nitrogens with zero attached hydrogens (tertiary/aromatic N) is 3. The third-order valence-corrected chi connectivity index (χ3v) is 5.44.